The second-order valence-corrected chi connectivity index (χ2v) is 5.37. The third kappa shape index (κ3) is 4.30. The lowest BCUT2D eigenvalue weighted by atomic mass is 10.2. The zero-order valence-electron chi connectivity index (χ0n) is 11.9. The fourth-order valence-corrected chi connectivity index (χ4v) is 2.60. The number of fused-ring (bicyclic) bond motifs is 1. The van der Waals surface area contributed by atoms with Crippen molar-refractivity contribution in [3.05, 3.63) is 34.4 Å². The highest BCUT2D eigenvalue weighted by atomic mass is 79.9. The summed E-state index contributed by atoms with van der Waals surface area (Å²) in [7, 11) is 1.64. The highest BCUT2D eigenvalue weighted by Crippen LogP contribution is 2.27. The first kappa shape index (κ1) is 16.0. The van der Waals surface area contributed by atoms with Gasteiger partial charge in [0.05, 0.1) is 17.7 Å². The van der Waals surface area contributed by atoms with Gasteiger partial charge in [-0.2, -0.15) is 0 Å². The number of aromatic nitrogens is 1. The van der Waals surface area contributed by atoms with Gasteiger partial charge >= 0.3 is 0 Å². The standard InChI is InChI=1S/C15H19BrN2O3/c1-20-9-10-21-8-4-7-17-15(19)14-13(16)11-5-2-3-6-12(11)18-14/h2-3,5-6,18H,4,7-10H2,1H3,(H,17,19). The number of hydrogen-bond acceptors (Lipinski definition) is 3. The van der Waals surface area contributed by atoms with E-state index in [0.717, 1.165) is 21.8 Å². The first-order chi connectivity index (χ1) is 10.2. The zero-order valence-corrected chi connectivity index (χ0v) is 13.5. The number of amides is 1. The number of carbonyl (C=O) groups is 1. The predicted octanol–water partition coefficient (Wildman–Crippen LogP) is 2.71. The molecule has 1 heterocycles. The van der Waals surface area contributed by atoms with E-state index in [1.54, 1.807) is 7.11 Å². The number of benzene rings is 1. The maximum absolute atomic E-state index is 12.1. The monoisotopic (exact) mass is 354 g/mol. The molecule has 0 bridgehead atoms. The Balaban J connectivity index is 1.81. The van der Waals surface area contributed by atoms with Gasteiger partial charge in [0.15, 0.2) is 0 Å². The van der Waals surface area contributed by atoms with Crippen LogP contribution in [0.25, 0.3) is 10.9 Å². The number of rotatable bonds is 8. The highest BCUT2D eigenvalue weighted by Gasteiger charge is 2.14. The SMILES string of the molecule is COCCOCCCNC(=O)c1[nH]c2ccccc2c1Br. The van der Waals surface area contributed by atoms with Gasteiger partial charge in [0.2, 0.25) is 0 Å². The number of nitrogens with one attached hydrogen (secondary N) is 2. The lowest BCUT2D eigenvalue weighted by molar-refractivity contribution is 0.0688. The summed E-state index contributed by atoms with van der Waals surface area (Å²) in [5.74, 6) is -0.116. The van der Waals surface area contributed by atoms with E-state index < -0.39 is 0 Å². The molecule has 2 aromatic rings. The number of aromatic amines is 1. The molecule has 0 saturated heterocycles. The van der Waals surface area contributed by atoms with E-state index in [9.17, 15) is 4.79 Å². The zero-order chi connectivity index (χ0) is 15.1. The van der Waals surface area contributed by atoms with E-state index in [2.05, 4.69) is 26.2 Å². The van der Waals surface area contributed by atoms with Crippen LogP contribution in [-0.2, 0) is 9.47 Å². The molecule has 1 aromatic heterocycles. The minimum atomic E-state index is -0.116. The number of hydrogen-bond donors (Lipinski definition) is 2. The summed E-state index contributed by atoms with van der Waals surface area (Å²) in [5, 5.41) is 3.89. The Bertz CT molecular complexity index is 598. The molecule has 114 valence electrons. The van der Waals surface area contributed by atoms with Crippen LogP contribution < -0.4 is 5.32 Å². The van der Waals surface area contributed by atoms with Crippen molar-refractivity contribution in [3.8, 4) is 0 Å². The van der Waals surface area contributed by atoms with Crippen LogP contribution in [0.15, 0.2) is 28.7 Å². The number of methoxy groups -OCH3 is 1. The number of ether oxygens (including phenoxy) is 2. The Labute approximate surface area is 132 Å². The molecule has 2 rings (SSSR count). The minimum Gasteiger partial charge on any atom is -0.382 e. The van der Waals surface area contributed by atoms with Gasteiger partial charge in [-0.15, -0.1) is 0 Å². The number of para-hydroxylation sites is 1. The second-order valence-electron chi connectivity index (χ2n) is 4.57. The van der Waals surface area contributed by atoms with Gasteiger partial charge in [0.25, 0.3) is 5.91 Å². The molecule has 1 aromatic carbocycles. The molecular formula is C15H19BrN2O3. The van der Waals surface area contributed by atoms with Gasteiger partial charge < -0.3 is 19.8 Å². The first-order valence-corrected chi connectivity index (χ1v) is 7.64. The fraction of sp³-hybridized carbons (Fsp3) is 0.400. The molecular weight excluding hydrogens is 336 g/mol. The van der Waals surface area contributed by atoms with Gasteiger partial charge in [-0.05, 0) is 28.4 Å². The lowest BCUT2D eigenvalue weighted by Gasteiger charge is -2.05. The highest BCUT2D eigenvalue weighted by molar-refractivity contribution is 9.10. The average Bonchev–Trinajstić information content (AvgIpc) is 2.84. The molecule has 0 saturated carbocycles. The molecule has 0 atom stereocenters. The predicted molar refractivity (Wildman–Crippen MR) is 85.6 cm³/mol. The van der Waals surface area contributed by atoms with Crippen LogP contribution in [0.3, 0.4) is 0 Å². The van der Waals surface area contributed by atoms with Crippen molar-refractivity contribution < 1.29 is 14.3 Å². The number of H-pyrrole nitrogens is 1. The molecule has 5 nitrogen and oxygen atoms in total. The van der Waals surface area contributed by atoms with E-state index in [0.29, 0.717) is 32.1 Å². The van der Waals surface area contributed by atoms with Crippen LogP contribution in [0.1, 0.15) is 16.9 Å². The summed E-state index contributed by atoms with van der Waals surface area (Å²) < 4.78 is 11.0. The molecule has 2 N–H and O–H groups in total. The van der Waals surface area contributed by atoms with Crippen molar-refractivity contribution in [2.24, 2.45) is 0 Å². The quantitative estimate of drug-likeness (QED) is 0.716. The van der Waals surface area contributed by atoms with Crippen molar-refractivity contribution in [1.29, 1.82) is 0 Å². The molecule has 0 aliphatic heterocycles. The third-order valence-electron chi connectivity index (χ3n) is 3.05. The van der Waals surface area contributed by atoms with Gasteiger partial charge in [0.1, 0.15) is 5.69 Å². The largest absolute Gasteiger partial charge is 0.382 e. The van der Waals surface area contributed by atoms with E-state index in [1.165, 1.54) is 0 Å². The number of carbonyl (C=O) groups excluding carboxylic acids is 1. The average molecular weight is 355 g/mol. The fourth-order valence-electron chi connectivity index (χ4n) is 1.97. The van der Waals surface area contributed by atoms with Gasteiger partial charge in [-0.3, -0.25) is 4.79 Å². The van der Waals surface area contributed by atoms with E-state index in [-0.39, 0.29) is 5.91 Å². The van der Waals surface area contributed by atoms with Crippen LogP contribution >= 0.6 is 15.9 Å². The molecule has 21 heavy (non-hydrogen) atoms. The van der Waals surface area contributed by atoms with Crippen LogP contribution in [0.2, 0.25) is 0 Å². The molecule has 0 radical (unpaired) electrons. The smallest absolute Gasteiger partial charge is 0.268 e. The summed E-state index contributed by atoms with van der Waals surface area (Å²) >= 11 is 3.47. The Kier molecular flexibility index (Phi) is 6.22. The maximum atomic E-state index is 12.1. The summed E-state index contributed by atoms with van der Waals surface area (Å²) in [6.45, 7) is 2.36. The van der Waals surface area contributed by atoms with E-state index in [4.69, 9.17) is 9.47 Å². The second kappa shape index (κ2) is 8.17. The Morgan fingerprint density at radius 2 is 2.10 bits per heavy atom. The van der Waals surface area contributed by atoms with Crippen molar-refractivity contribution in [2.45, 2.75) is 6.42 Å². The van der Waals surface area contributed by atoms with Crippen LogP contribution in [0.5, 0.6) is 0 Å². The molecule has 1 amide bonds. The van der Waals surface area contributed by atoms with Crippen LogP contribution in [0.4, 0.5) is 0 Å². The maximum Gasteiger partial charge on any atom is 0.268 e. The molecule has 6 heteroatoms. The molecule has 0 spiro atoms. The Hall–Kier alpha value is -1.37. The van der Waals surface area contributed by atoms with Crippen molar-refractivity contribution in [2.75, 3.05) is 33.5 Å². The van der Waals surface area contributed by atoms with Crippen molar-refractivity contribution in [3.63, 3.8) is 0 Å². The molecule has 0 unspecified atom stereocenters. The van der Waals surface area contributed by atoms with Gasteiger partial charge in [0, 0.05) is 31.2 Å². The lowest BCUT2D eigenvalue weighted by Crippen LogP contribution is -2.26. The van der Waals surface area contributed by atoms with Gasteiger partial charge in [-0.25, -0.2) is 0 Å². The number of halogens is 1. The third-order valence-corrected chi connectivity index (χ3v) is 3.88. The summed E-state index contributed by atoms with van der Waals surface area (Å²) in [4.78, 5) is 15.3. The normalized spacial score (nSPS) is 11.0. The summed E-state index contributed by atoms with van der Waals surface area (Å²) in [6, 6.07) is 7.79. The minimum absolute atomic E-state index is 0.116. The van der Waals surface area contributed by atoms with Crippen LogP contribution in [0, 0.1) is 0 Å². The molecule has 0 fully saturated rings. The summed E-state index contributed by atoms with van der Waals surface area (Å²) in [5.41, 5.74) is 1.49. The molecule has 0 aliphatic carbocycles. The van der Waals surface area contributed by atoms with E-state index >= 15 is 0 Å². The van der Waals surface area contributed by atoms with Crippen molar-refractivity contribution >= 4 is 32.7 Å². The topological polar surface area (TPSA) is 63.4 Å². The van der Waals surface area contributed by atoms with Crippen molar-refractivity contribution in [1.82, 2.24) is 10.3 Å². The Morgan fingerprint density at radius 3 is 2.86 bits per heavy atom. The molecule has 0 aliphatic rings. The van der Waals surface area contributed by atoms with E-state index in [1.807, 2.05) is 24.3 Å². The van der Waals surface area contributed by atoms with Gasteiger partial charge in [-0.1, -0.05) is 18.2 Å². The Morgan fingerprint density at radius 1 is 1.29 bits per heavy atom. The first-order valence-electron chi connectivity index (χ1n) is 6.85. The van der Waals surface area contributed by atoms with Crippen LogP contribution in [-0.4, -0.2) is 44.4 Å². The summed E-state index contributed by atoms with van der Waals surface area (Å²) in [6.07, 6.45) is 0.771.